The summed E-state index contributed by atoms with van der Waals surface area (Å²) in [5.74, 6) is 1.46. The maximum atomic E-state index is 6.11. The van der Waals surface area contributed by atoms with Gasteiger partial charge >= 0.3 is 0 Å². The second-order valence-corrected chi connectivity index (χ2v) is 7.65. The minimum Gasteiger partial charge on any atom is -0.485 e. The standard InChI is InChI=1S/C21H26N4OS.2ClH/c1-16-15-27-21(23-16)24-20-19(26-14-17-8-5-4-6-9-17)12-18(13-22-20)10-7-11-25(2)3;;/h4-6,8-9,12-13,15H,7,10-11,14H2,1-3H3,(H,22,23,24);2*1H. The van der Waals surface area contributed by atoms with Gasteiger partial charge in [0.2, 0.25) is 0 Å². The normalized spacial score (nSPS) is 10.2. The molecule has 0 aliphatic rings. The first kappa shape index (κ1) is 25.2. The highest BCUT2D eigenvalue weighted by molar-refractivity contribution is 7.13. The van der Waals surface area contributed by atoms with Crippen LogP contribution in [-0.4, -0.2) is 35.5 Å². The van der Waals surface area contributed by atoms with Gasteiger partial charge in [-0.15, -0.1) is 36.2 Å². The molecule has 2 heterocycles. The number of rotatable bonds is 9. The molecule has 3 aromatic rings. The summed E-state index contributed by atoms with van der Waals surface area (Å²) in [6, 6.07) is 12.3. The number of ether oxygens (including phenoxy) is 1. The van der Waals surface area contributed by atoms with Crippen LogP contribution in [0, 0.1) is 6.92 Å². The summed E-state index contributed by atoms with van der Waals surface area (Å²) in [4.78, 5) is 11.3. The SMILES string of the molecule is Cc1csc(Nc2ncc(CCCN(C)C)cc2OCc2ccccc2)n1.Cl.Cl. The molecule has 0 unspecified atom stereocenters. The maximum Gasteiger partial charge on any atom is 0.188 e. The van der Waals surface area contributed by atoms with Crippen molar-refractivity contribution < 1.29 is 4.74 Å². The predicted molar refractivity (Wildman–Crippen MR) is 127 cm³/mol. The smallest absolute Gasteiger partial charge is 0.188 e. The van der Waals surface area contributed by atoms with Crippen LogP contribution < -0.4 is 10.1 Å². The molecule has 0 radical (unpaired) electrons. The minimum absolute atomic E-state index is 0. The van der Waals surface area contributed by atoms with E-state index in [1.807, 2.05) is 36.7 Å². The molecule has 5 nitrogen and oxygen atoms in total. The maximum absolute atomic E-state index is 6.11. The van der Waals surface area contributed by atoms with Crippen LogP contribution in [0.2, 0.25) is 0 Å². The van der Waals surface area contributed by atoms with Crippen LogP contribution >= 0.6 is 36.2 Å². The van der Waals surface area contributed by atoms with Gasteiger partial charge in [0.15, 0.2) is 16.7 Å². The van der Waals surface area contributed by atoms with Gasteiger partial charge in [0.1, 0.15) is 6.61 Å². The molecule has 29 heavy (non-hydrogen) atoms. The Labute approximate surface area is 189 Å². The van der Waals surface area contributed by atoms with Crippen LogP contribution in [0.1, 0.15) is 23.2 Å². The van der Waals surface area contributed by atoms with Gasteiger partial charge in [-0.1, -0.05) is 30.3 Å². The molecule has 0 atom stereocenters. The lowest BCUT2D eigenvalue weighted by Crippen LogP contribution is -2.13. The van der Waals surface area contributed by atoms with Crippen LogP contribution in [0.4, 0.5) is 10.9 Å². The Balaban J connectivity index is 0.00000210. The van der Waals surface area contributed by atoms with E-state index in [0.717, 1.165) is 41.5 Å². The Hall–Kier alpha value is -1.86. The summed E-state index contributed by atoms with van der Waals surface area (Å²) in [6.07, 6.45) is 3.99. The topological polar surface area (TPSA) is 50.3 Å². The fourth-order valence-corrected chi connectivity index (χ4v) is 3.36. The molecule has 0 saturated heterocycles. The quantitative estimate of drug-likeness (QED) is 0.461. The van der Waals surface area contributed by atoms with E-state index in [2.05, 4.69) is 52.5 Å². The Morgan fingerprint density at radius 2 is 1.86 bits per heavy atom. The van der Waals surface area contributed by atoms with Gasteiger partial charge in [0, 0.05) is 11.6 Å². The molecular formula is C21H28Cl2N4OS. The molecular weight excluding hydrogens is 427 g/mol. The first-order valence-electron chi connectivity index (χ1n) is 9.09. The molecule has 0 fully saturated rings. The molecule has 0 amide bonds. The van der Waals surface area contributed by atoms with Crippen molar-refractivity contribution in [3.05, 3.63) is 64.8 Å². The highest BCUT2D eigenvalue weighted by Crippen LogP contribution is 2.29. The third-order valence-corrected chi connectivity index (χ3v) is 4.94. The molecule has 0 bridgehead atoms. The molecule has 0 saturated carbocycles. The third-order valence-electron chi connectivity index (χ3n) is 4.06. The number of benzene rings is 1. The summed E-state index contributed by atoms with van der Waals surface area (Å²) in [6.45, 7) is 3.55. The van der Waals surface area contributed by atoms with Crippen molar-refractivity contribution in [3.8, 4) is 5.75 Å². The van der Waals surface area contributed by atoms with Crippen molar-refractivity contribution in [3.63, 3.8) is 0 Å². The van der Waals surface area contributed by atoms with Crippen LogP contribution in [0.3, 0.4) is 0 Å². The number of anilines is 2. The molecule has 8 heteroatoms. The number of aryl methyl sites for hydroxylation is 2. The van der Waals surface area contributed by atoms with Crippen LogP contribution in [0.15, 0.2) is 48.0 Å². The van der Waals surface area contributed by atoms with Gasteiger partial charge in [-0.25, -0.2) is 9.97 Å². The number of hydrogen-bond acceptors (Lipinski definition) is 6. The lowest BCUT2D eigenvalue weighted by molar-refractivity contribution is 0.306. The third kappa shape index (κ3) is 8.19. The van der Waals surface area contributed by atoms with E-state index in [1.165, 1.54) is 5.56 Å². The Kier molecular flexibility index (Phi) is 11.0. The second kappa shape index (κ2) is 12.6. The summed E-state index contributed by atoms with van der Waals surface area (Å²) < 4.78 is 6.11. The number of pyridine rings is 1. The molecule has 158 valence electrons. The molecule has 2 aromatic heterocycles. The van der Waals surface area contributed by atoms with Crippen molar-refractivity contribution in [1.29, 1.82) is 0 Å². The number of thiazole rings is 1. The molecule has 0 spiro atoms. The molecule has 3 rings (SSSR count). The highest BCUT2D eigenvalue weighted by Gasteiger charge is 2.10. The Bertz CT molecular complexity index is 859. The van der Waals surface area contributed by atoms with Crippen molar-refractivity contribution in [2.45, 2.75) is 26.4 Å². The average molecular weight is 455 g/mol. The summed E-state index contributed by atoms with van der Waals surface area (Å²) >= 11 is 1.57. The van der Waals surface area contributed by atoms with Crippen molar-refractivity contribution in [1.82, 2.24) is 14.9 Å². The average Bonchev–Trinajstić information content (AvgIpc) is 3.07. The second-order valence-electron chi connectivity index (χ2n) is 6.79. The van der Waals surface area contributed by atoms with Crippen LogP contribution in [0.5, 0.6) is 5.75 Å². The monoisotopic (exact) mass is 454 g/mol. The zero-order valence-corrected chi connectivity index (χ0v) is 19.4. The fraction of sp³-hybridized carbons (Fsp3) is 0.333. The number of nitrogens with zero attached hydrogens (tertiary/aromatic N) is 3. The summed E-state index contributed by atoms with van der Waals surface area (Å²) in [5.41, 5.74) is 3.31. The number of nitrogens with one attached hydrogen (secondary N) is 1. The summed E-state index contributed by atoms with van der Waals surface area (Å²) in [5, 5.41) is 6.13. The number of aromatic nitrogens is 2. The highest BCUT2D eigenvalue weighted by atomic mass is 35.5. The van der Waals surface area contributed by atoms with E-state index in [-0.39, 0.29) is 24.8 Å². The first-order valence-corrected chi connectivity index (χ1v) is 9.97. The Morgan fingerprint density at radius 3 is 2.52 bits per heavy atom. The molecule has 0 aliphatic heterocycles. The van der Waals surface area contributed by atoms with Gasteiger partial charge in [0.05, 0.1) is 5.69 Å². The molecule has 0 aliphatic carbocycles. The van der Waals surface area contributed by atoms with E-state index in [0.29, 0.717) is 12.4 Å². The fourth-order valence-electron chi connectivity index (χ4n) is 2.67. The van der Waals surface area contributed by atoms with Gasteiger partial charge in [-0.05, 0) is 57.6 Å². The number of halogens is 2. The van der Waals surface area contributed by atoms with Gasteiger partial charge < -0.3 is 15.0 Å². The van der Waals surface area contributed by atoms with Crippen molar-refractivity contribution in [2.75, 3.05) is 26.0 Å². The van der Waals surface area contributed by atoms with E-state index in [9.17, 15) is 0 Å². The van der Waals surface area contributed by atoms with Crippen molar-refractivity contribution >= 4 is 47.1 Å². The lowest BCUT2D eigenvalue weighted by Gasteiger charge is -2.14. The zero-order chi connectivity index (χ0) is 19.1. The first-order chi connectivity index (χ1) is 13.1. The van der Waals surface area contributed by atoms with Crippen LogP contribution in [0.25, 0.3) is 0 Å². The zero-order valence-electron chi connectivity index (χ0n) is 16.9. The van der Waals surface area contributed by atoms with E-state index < -0.39 is 0 Å². The van der Waals surface area contributed by atoms with E-state index >= 15 is 0 Å². The molecule has 1 aromatic carbocycles. The number of hydrogen-bond donors (Lipinski definition) is 1. The van der Waals surface area contributed by atoms with E-state index in [1.54, 1.807) is 11.3 Å². The van der Waals surface area contributed by atoms with Gasteiger partial charge in [-0.2, -0.15) is 0 Å². The summed E-state index contributed by atoms with van der Waals surface area (Å²) in [7, 11) is 4.19. The van der Waals surface area contributed by atoms with Crippen molar-refractivity contribution in [2.24, 2.45) is 0 Å². The largest absolute Gasteiger partial charge is 0.485 e. The molecule has 1 N–H and O–H groups in total. The lowest BCUT2D eigenvalue weighted by atomic mass is 10.1. The predicted octanol–water partition coefficient (Wildman–Crippen LogP) is 5.51. The van der Waals surface area contributed by atoms with Gasteiger partial charge in [-0.3, -0.25) is 0 Å². The Morgan fingerprint density at radius 1 is 1.10 bits per heavy atom. The van der Waals surface area contributed by atoms with E-state index in [4.69, 9.17) is 4.74 Å². The minimum atomic E-state index is 0. The van der Waals surface area contributed by atoms with Gasteiger partial charge in [0.25, 0.3) is 0 Å². The van der Waals surface area contributed by atoms with Crippen LogP contribution in [-0.2, 0) is 13.0 Å².